The molecule has 28 heavy (non-hydrogen) atoms. The molecular formula is C21H20N2O4S. The third-order valence-corrected chi connectivity index (χ3v) is 5.13. The molecule has 1 N–H and O–H groups in total. The van der Waals surface area contributed by atoms with Gasteiger partial charge in [-0.1, -0.05) is 23.8 Å². The Labute approximate surface area is 167 Å². The van der Waals surface area contributed by atoms with E-state index in [-0.39, 0.29) is 11.4 Å². The molecule has 3 rings (SSSR count). The first-order valence-corrected chi connectivity index (χ1v) is 9.45. The summed E-state index contributed by atoms with van der Waals surface area (Å²) in [6.07, 6.45) is 1.65. The number of carbonyl (C=O) groups is 3. The van der Waals surface area contributed by atoms with Gasteiger partial charge in [0.2, 0.25) is 5.91 Å². The van der Waals surface area contributed by atoms with Crippen molar-refractivity contribution in [3.05, 3.63) is 64.1 Å². The highest BCUT2D eigenvalue weighted by atomic mass is 32.2. The SMILES string of the molecule is COc1ccc(/C=C2\SC(=O)N(CC(=O)Nc3ccc(C)cc3)C2=O)cc1C. The molecule has 6 nitrogen and oxygen atoms in total. The number of thioether (sulfide) groups is 1. The van der Waals surface area contributed by atoms with Gasteiger partial charge in [-0.3, -0.25) is 19.3 Å². The van der Waals surface area contributed by atoms with Crippen molar-refractivity contribution in [2.45, 2.75) is 13.8 Å². The van der Waals surface area contributed by atoms with Gasteiger partial charge in [0.15, 0.2) is 0 Å². The number of nitrogens with one attached hydrogen (secondary N) is 1. The molecule has 2 aromatic carbocycles. The number of methoxy groups -OCH3 is 1. The number of carbonyl (C=O) groups excluding carboxylic acids is 3. The summed E-state index contributed by atoms with van der Waals surface area (Å²) in [6.45, 7) is 3.53. The van der Waals surface area contributed by atoms with Crippen molar-refractivity contribution in [2.75, 3.05) is 19.0 Å². The highest BCUT2D eigenvalue weighted by molar-refractivity contribution is 8.18. The van der Waals surface area contributed by atoms with Crippen LogP contribution < -0.4 is 10.1 Å². The van der Waals surface area contributed by atoms with Crippen LogP contribution in [-0.4, -0.2) is 35.6 Å². The number of ether oxygens (including phenoxy) is 1. The summed E-state index contributed by atoms with van der Waals surface area (Å²) in [4.78, 5) is 38.3. The van der Waals surface area contributed by atoms with Crippen LogP contribution in [0.1, 0.15) is 16.7 Å². The molecule has 3 amide bonds. The van der Waals surface area contributed by atoms with Crippen molar-refractivity contribution in [1.29, 1.82) is 0 Å². The average Bonchev–Trinajstić information content (AvgIpc) is 2.91. The minimum Gasteiger partial charge on any atom is -0.496 e. The number of anilines is 1. The second-order valence-corrected chi connectivity index (χ2v) is 7.40. The van der Waals surface area contributed by atoms with E-state index < -0.39 is 17.1 Å². The summed E-state index contributed by atoms with van der Waals surface area (Å²) >= 11 is 0.830. The fourth-order valence-electron chi connectivity index (χ4n) is 2.76. The van der Waals surface area contributed by atoms with Gasteiger partial charge in [-0.05, 0) is 67.1 Å². The predicted octanol–water partition coefficient (Wildman–Crippen LogP) is 3.99. The van der Waals surface area contributed by atoms with Crippen molar-refractivity contribution in [3.8, 4) is 5.75 Å². The van der Waals surface area contributed by atoms with E-state index in [1.165, 1.54) is 0 Å². The molecule has 7 heteroatoms. The maximum atomic E-state index is 12.6. The van der Waals surface area contributed by atoms with Crippen LogP contribution in [0.2, 0.25) is 0 Å². The second-order valence-electron chi connectivity index (χ2n) is 6.41. The fourth-order valence-corrected chi connectivity index (χ4v) is 3.60. The van der Waals surface area contributed by atoms with Gasteiger partial charge in [0.1, 0.15) is 12.3 Å². The third kappa shape index (κ3) is 4.43. The van der Waals surface area contributed by atoms with Gasteiger partial charge < -0.3 is 10.1 Å². The molecule has 1 heterocycles. The van der Waals surface area contributed by atoms with E-state index in [2.05, 4.69) is 5.32 Å². The van der Waals surface area contributed by atoms with E-state index in [9.17, 15) is 14.4 Å². The first-order valence-electron chi connectivity index (χ1n) is 8.64. The average molecular weight is 396 g/mol. The number of hydrogen-bond acceptors (Lipinski definition) is 5. The Morgan fingerprint density at radius 3 is 2.50 bits per heavy atom. The smallest absolute Gasteiger partial charge is 0.294 e. The molecule has 0 radical (unpaired) electrons. The zero-order chi connectivity index (χ0) is 20.3. The first-order chi connectivity index (χ1) is 13.4. The molecule has 1 aliphatic rings. The van der Waals surface area contributed by atoms with Gasteiger partial charge in [-0.2, -0.15) is 0 Å². The maximum Gasteiger partial charge on any atom is 0.294 e. The maximum absolute atomic E-state index is 12.6. The van der Waals surface area contributed by atoms with Gasteiger partial charge in [0.05, 0.1) is 12.0 Å². The van der Waals surface area contributed by atoms with Crippen molar-refractivity contribution < 1.29 is 19.1 Å². The lowest BCUT2D eigenvalue weighted by atomic mass is 10.1. The molecule has 0 aromatic heterocycles. The largest absolute Gasteiger partial charge is 0.496 e. The zero-order valence-electron chi connectivity index (χ0n) is 15.8. The predicted molar refractivity (Wildman–Crippen MR) is 110 cm³/mol. The van der Waals surface area contributed by atoms with Crippen LogP contribution in [0, 0.1) is 13.8 Å². The Hall–Kier alpha value is -3.06. The van der Waals surface area contributed by atoms with Gasteiger partial charge in [-0.15, -0.1) is 0 Å². The molecule has 1 fully saturated rings. The molecule has 0 atom stereocenters. The molecule has 1 saturated heterocycles. The number of nitrogens with zero attached hydrogens (tertiary/aromatic N) is 1. The molecular weight excluding hydrogens is 376 g/mol. The minimum absolute atomic E-state index is 0.290. The summed E-state index contributed by atoms with van der Waals surface area (Å²) in [5.74, 6) is -0.145. The third-order valence-electron chi connectivity index (χ3n) is 4.23. The van der Waals surface area contributed by atoms with Crippen molar-refractivity contribution in [1.82, 2.24) is 4.90 Å². The van der Waals surface area contributed by atoms with Crippen molar-refractivity contribution in [3.63, 3.8) is 0 Å². The van der Waals surface area contributed by atoms with E-state index in [1.54, 1.807) is 31.4 Å². The quantitative estimate of drug-likeness (QED) is 0.774. The van der Waals surface area contributed by atoms with Crippen LogP contribution in [0.5, 0.6) is 5.75 Å². The first kappa shape index (κ1) is 19.7. The van der Waals surface area contributed by atoms with E-state index in [0.29, 0.717) is 5.69 Å². The molecule has 0 bridgehead atoms. The number of rotatable bonds is 5. The number of amides is 3. The van der Waals surface area contributed by atoms with Crippen LogP contribution >= 0.6 is 11.8 Å². The van der Waals surface area contributed by atoms with Crippen LogP contribution in [0.4, 0.5) is 10.5 Å². The molecule has 0 unspecified atom stereocenters. The molecule has 0 aliphatic carbocycles. The Kier molecular flexibility index (Phi) is 5.84. The fraction of sp³-hybridized carbons (Fsp3) is 0.190. The van der Waals surface area contributed by atoms with E-state index in [0.717, 1.165) is 39.1 Å². The summed E-state index contributed by atoms with van der Waals surface area (Å²) in [7, 11) is 1.59. The standard InChI is InChI=1S/C21H20N2O4S/c1-13-4-7-16(8-5-13)22-19(24)12-23-20(25)18(28-21(23)26)11-15-6-9-17(27-3)14(2)10-15/h4-11H,12H2,1-3H3,(H,22,24)/b18-11-. The van der Waals surface area contributed by atoms with Gasteiger partial charge >= 0.3 is 0 Å². The van der Waals surface area contributed by atoms with Crippen LogP contribution in [0.15, 0.2) is 47.4 Å². The van der Waals surface area contributed by atoms with Gasteiger partial charge in [0, 0.05) is 5.69 Å². The van der Waals surface area contributed by atoms with E-state index >= 15 is 0 Å². The zero-order valence-corrected chi connectivity index (χ0v) is 16.6. The minimum atomic E-state index is -0.470. The van der Waals surface area contributed by atoms with Crippen LogP contribution in [0.25, 0.3) is 6.08 Å². The lowest BCUT2D eigenvalue weighted by Crippen LogP contribution is -2.36. The summed E-state index contributed by atoms with van der Waals surface area (Å²) in [5, 5.41) is 2.24. The Morgan fingerprint density at radius 2 is 1.86 bits per heavy atom. The Balaban J connectivity index is 1.69. The summed E-state index contributed by atoms with van der Waals surface area (Å²) in [6, 6.07) is 12.8. The summed E-state index contributed by atoms with van der Waals surface area (Å²) in [5.41, 5.74) is 3.40. The second kappa shape index (κ2) is 8.31. The molecule has 0 saturated carbocycles. The highest BCUT2D eigenvalue weighted by Gasteiger charge is 2.36. The van der Waals surface area contributed by atoms with Crippen LogP contribution in [-0.2, 0) is 9.59 Å². The van der Waals surface area contributed by atoms with Gasteiger partial charge in [0.25, 0.3) is 11.1 Å². The van der Waals surface area contributed by atoms with E-state index in [4.69, 9.17) is 4.74 Å². The van der Waals surface area contributed by atoms with Crippen molar-refractivity contribution in [2.24, 2.45) is 0 Å². The van der Waals surface area contributed by atoms with Gasteiger partial charge in [-0.25, -0.2) is 0 Å². The number of aryl methyl sites for hydroxylation is 2. The Morgan fingerprint density at radius 1 is 1.14 bits per heavy atom. The van der Waals surface area contributed by atoms with Crippen molar-refractivity contribution >= 4 is 40.6 Å². The molecule has 1 aliphatic heterocycles. The molecule has 0 spiro atoms. The highest BCUT2D eigenvalue weighted by Crippen LogP contribution is 2.32. The summed E-state index contributed by atoms with van der Waals surface area (Å²) < 4.78 is 5.22. The molecule has 2 aromatic rings. The Bertz CT molecular complexity index is 967. The lowest BCUT2D eigenvalue weighted by Gasteiger charge is -2.12. The monoisotopic (exact) mass is 396 g/mol. The van der Waals surface area contributed by atoms with E-state index in [1.807, 2.05) is 38.1 Å². The molecule has 144 valence electrons. The lowest BCUT2D eigenvalue weighted by molar-refractivity contribution is -0.127. The number of imide groups is 1. The number of benzene rings is 2. The van der Waals surface area contributed by atoms with Crippen LogP contribution in [0.3, 0.4) is 0 Å². The topological polar surface area (TPSA) is 75.7 Å². The number of hydrogen-bond donors (Lipinski definition) is 1. The normalized spacial score (nSPS) is 15.2.